The minimum absolute atomic E-state index is 0.212. The second kappa shape index (κ2) is 7.12. The Morgan fingerprint density at radius 2 is 1.86 bits per heavy atom. The summed E-state index contributed by atoms with van der Waals surface area (Å²) in [7, 11) is 0. The maximum atomic E-state index is 12.6. The Labute approximate surface area is 127 Å². The fraction of sp³-hybridized carbons (Fsp3) is 0.385. The number of alkyl halides is 3. The molecule has 9 heteroatoms. The van der Waals surface area contributed by atoms with Gasteiger partial charge in [0, 0.05) is 12.7 Å². The quantitative estimate of drug-likeness (QED) is 0.761. The summed E-state index contributed by atoms with van der Waals surface area (Å²) in [6.45, 7) is 1.24. The second-order valence-corrected chi connectivity index (χ2v) is 5.62. The van der Waals surface area contributed by atoms with Gasteiger partial charge in [-0.05, 0) is 17.7 Å². The third-order valence-electron chi connectivity index (χ3n) is 2.75. The first-order valence-corrected chi connectivity index (χ1v) is 6.96. The van der Waals surface area contributed by atoms with Crippen LogP contribution < -0.4 is 0 Å². The smallest absolute Gasteiger partial charge is 0.416 e. The summed E-state index contributed by atoms with van der Waals surface area (Å²) in [6, 6.07) is 1.82. The molecule has 1 aromatic carbocycles. The summed E-state index contributed by atoms with van der Waals surface area (Å²) in [5, 5.41) is 28.3. The minimum atomic E-state index is -4.73. The Hall–Kier alpha value is -1.58. The molecule has 5 nitrogen and oxygen atoms in total. The molecule has 122 valence electrons. The zero-order chi connectivity index (χ0) is 17.1. The van der Waals surface area contributed by atoms with Crippen molar-refractivity contribution in [3.8, 4) is 0 Å². The third-order valence-corrected chi connectivity index (χ3v) is 3.67. The van der Waals surface area contributed by atoms with Crippen molar-refractivity contribution in [3.63, 3.8) is 0 Å². The molecule has 0 aliphatic rings. The van der Waals surface area contributed by atoms with Gasteiger partial charge in [0.25, 0.3) is 0 Å². The summed E-state index contributed by atoms with van der Waals surface area (Å²) in [5.74, 6) is -1.87. The summed E-state index contributed by atoms with van der Waals surface area (Å²) in [6.07, 6.45) is -7.94. The molecule has 1 rings (SSSR count). The topological polar surface area (TPSA) is 94.8 Å². The lowest BCUT2D eigenvalue weighted by Crippen LogP contribution is -2.24. The largest absolute Gasteiger partial charge is 0.478 e. The number of carbonyl (C=O) groups excluding carboxylic acids is 1. The molecule has 0 heterocycles. The fourth-order valence-corrected chi connectivity index (χ4v) is 2.26. The van der Waals surface area contributed by atoms with Crippen LogP contribution in [0.25, 0.3) is 0 Å². The van der Waals surface area contributed by atoms with Crippen molar-refractivity contribution in [2.45, 2.75) is 25.3 Å². The van der Waals surface area contributed by atoms with Gasteiger partial charge < -0.3 is 15.3 Å². The maximum absolute atomic E-state index is 12.6. The van der Waals surface area contributed by atoms with Crippen molar-refractivity contribution >= 4 is 22.8 Å². The standard InChI is InChI=1S/C13H13F3O5S/c1-6(17)22-5-10(18)11(19)8-3-2-7(13(14,15)16)4-9(8)12(20)21/h2-4,10-11,18-19H,5H2,1H3,(H,20,21). The minimum Gasteiger partial charge on any atom is -0.478 e. The van der Waals surface area contributed by atoms with Gasteiger partial charge in [0.2, 0.25) is 0 Å². The summed E-state index contributed by atoms with van der Waals surface area (Å²) < 4.78 is 37.8. The first kappa shape index (κ1) is 18.5. The number of aliphatic hydroxyl groups excluding tert-OH is 2. The van der Waals surface area contributed by atoms with E-state index in [9.17, 15) is 33.0 Å². The maximum Gasteiger partial charge on any atom is 0.416 e. The number of thioether (sulfide) groups is 1. The Balaban J connectivity index is 3.12. The van der Waals surface area contributed by atoms with Gasteiger partial charge in [0.15, 0.2) is 5.12 Å². The summed E-state index contributed by atoms with van der Waals surface area (Å²) in [5.41, 5.74) is -2.28. The number of aromatic carboxylic acids is 1. The van der Waals surface area contributed by atoms with Crippen LogP contribution in [0.3, 0.4) is 0 Å². The number of hydrogen-bond donors (Lipinski definition) is 3. The first-order valence-electron chi connectivity index (χ1n) is 5.98. The highest BCUT2D eigenvalue weighted by Crippen LogP contribution is 2.33. The highest BCUT2D eigenvalue weighted by Gasteiger charge is 2.33. The predicted octanol–water partition coefficient (Wildman–Crippen LogP) is 2.08. The number of rotatable bonds is 5. The van der Waals surface area contributed by atoms with Gasteiger partial charge in [-0.2, -0.15) is 13.2 Å². The van der Waals surface area contributed by atoms with Crippen LogP contribution in [0.15, 0.2) is 18.2 Å². The molecule has 1 aromatic rings. The number of aliphatic hydroxyl groups is 2. The van der Waals surface area contributed by atoms with Crippen molar-refractivity contribution in [2.75, 3.05) is 5.75 Å². The van der Waals surface area contributed by atoms with Crippen molar-refractivity contribution in [1.29, 1.82) is 0 Å². The van der Waals surface area contributed by atoms with Gasteiger partial charge in [-0.15, -0.1) is 0 Å². The van der Waals surface area contributed by atoms with Crippen molar-refractivity contribution in [2.24, 2.45) is 0 Å². The molecular formula is C13H13F3O5S. The number of halogens is 3. The third kappa shape index (κ3) is 4.72. The van der Waals surface area contributed by atoms with E-state index in [0.29, 0.717) is 23.9 Å². The molecule has 0 aliphatic heterocycles. The van der Waals surface area contributed by atoms with E-state index in [1.54, 1.807) is 0 Å². The van der Waals surface area contributed by atoms with Crippen LogP contribution in [0.2, 0.25) is 0 Å². The average molecular weight is 338 g/mol. The van der Waals surface area contributed by atoms with Crippen LogP contribution in [0, 0.1) is 0 Å². The summed E-state index contributed by atoms with van der Waals surface area (Å²) in [4.78, 5) is 21.9. The molecule has 0 amide bonds. The number of benzene rings is 1. The van der Waals surface area contributed by atoms with E-state index in [-0.39, 0.29) is 16.4 Å². The molecule has 22 heavy (non-hydrogen) atoms. The number of carboxylic acids is 1. The SMILES string of the molecule is CC(=O)SCC(O)C(O)c1ccc(C(F)(F)F)cc1C(=O)O. The Kier molecular flexibility index (Phi) is 5.98. The molecule has 0 aliphatic carbocycles. The Morgan fingerprint density at radius 1 is 1.27 bits per heavy atom. The zero-order valence-corrected chi connectivity index (χ0v) is 12.1. The van der Waals surface area contributed by atoms with Crippen LogP contribution >= 0.6 is 11.8 Å². The lowest BCUT2D eigenvalue weighted by molar-refractivity contribution is -0.137. The Morgan fingerprint density at radius 3 is 2.32 bits per heavy atom. The van der Waals surface area contributed by atoms with Gasteiger partial charge in [0.05, 0.1) is 17.2 Å². The molecule has 3 N–H and O–H groups in total. The van der Waals surface area contributed by atoms with Gasteiger partial charge in [-0.1, -0.05) is 17.8 Å². The van der Waals surface area contributed by atoms with Gasteiger partial charge in [-0.3, -0.25) is 4.79 Å². The highest BCUT2D eigenvalue weighted by atomic mass is 32.2. The highest BCUT2D eigenvalue weighted by molar-refractivity contribution is 8.13. The van der Waals surface area contributed by atoms with E-state index in [4.69, 9.17) is 5.11 Å². The van der Waals surface area contributed by atoms with E-state index >= 15 is 0 Å². The van der Waals surface area contributed by atoms with E-state index in [1.165, 1.54) is 6.92 Å². The molecule has 0 saturated carbocycles. The van der Waals surface area contributed by atoms with Gasteiger partial charge in [0.1, 0.15) is 6.10 Å². The average Bonchev–Trinajstić information content (AvgIpc) is 2.42. The molecule has 0 radical (unpaired) electrons. The van der Waals surface area contributed by atoms with Crippen molar-refractivity contribution in [3.05, 3.63) is 34.9 Å². The molecule has 0 saturated heterocycles. The van der Waals surface area contributed by atoms with Crippen LogP contribution in [0.4, 0.5) is 13.2 Å². The second-order valence-electron chi connectivity index (χ2n) is 4.42. The van der Waals surface area contributed by atoms with E-state index in [0.717, 1.165) is 6.07 Å². The van der Waals surface area contributed by atoms with E-state index in [2.05, 4.69) is 0 Å². The van der Waals surface area contributed by atoms with Crippen LogP contribution in [0.5, 0.6) is 0 Å². The molecule has 0 fully saturated rings. The normalized spacial score (nSPS) is 14.5. The molecule has 0 spiro atoms. The fourth-order valence-electron chi connectivity index (χ4n) is 1.68. The van der Waals surface area contributed by atoms with E-state index in [1.807, 2.05) is 0 Å². The molecule has 0 bridgehead atoms. The molecule has 0 aromatic heterocycles. The van der Waals surface area contributed by atoms with Gasteiger partial charge in [-0.25, -0.2) is 4.79 Å². The molecule has 2 unspecified atom stereocenters. The first-order chi connectivity index (χ1) is 10.0. The lowest BCUT2D eigenvalue weighted by atomic mass is 9.97. The van der Waals surface area contributed by atoms with Crippen molar-refractivity contribution < 1.29 is 38.1 Å². The predicted molar refractivity (Wildman–Crippen MR) is 72.5 cm³/mol. The lowest BCUT2D eigenvalue weighted by Gasteiger charge is -2.20. The number of hydrogen-bond acceptors (Lipinski definition) is 5. The monoisotopic (exact) mass is 338 g/mol. The van der Waals surface area contributed by atoms with Crippen LogP contribution in [0.1, 0.15) is 34.5 Å². The number of carbonyl (C=O) groups is 2. The Bertz CT molecular complexity index is 573. The summed E-state index contributed by atoms with van der Waals surface area (Å²) >= 11 is 0.708. The van der Waals surface area contributed by atoms with Gasteiger partial charge >= 0.3 is 12.1 Å². The van der Waals surface area contributed by atoms with Crippen LogP contribution in [-0.4, -0.2) is 38.3 Å². The number of carboxylic acid groups (broad SMARTS) is 1. The zero-order valence-electron chi connectivity index (χ0n) is 11.3. The molecule has 2 atom stereocenters. The molecular weight excluding hydrogens is 325 g/mol. The van der Waals surface area contributed by atoms with Crippen molar-refractivity contribution in [1.82, 2.24) is 0 Å². The van der Waals surface area contributed by atoms with E-state index < -0.39 is 35.5 Å². The van der Waals surface area contributed by atoms with Crippen LogP contribution in [-0.2, 0) is 11.0 Å².